The van der Waals surface area contributed by atoms with Crippen LogP contribution in [0.4, 0.5) is 0 Å². The van der Waals surface area contributed by atoms with E-state index in [1.54, 1.807) is 0 Å². The van der Waals surface area contributed by atoms with Crippen LogP contribution < -0.4 is 0 Å². The van der Waals surface area contributed by atoms with Gasteiger partial charge in [-0.15, -0.1) is 0 Å². The topological polar surface area (TPSA) is 55.8 Å². The Morgan fingerprint density at radius 2 is 0.980 bits per heavy atom. The summed E-state index contributed by atoms with van der Waals surface area (Å²) in [5.41, 5.74) is 0. The van der Waals surface area contributed by atoms with E-state index >= 15 is 0 Å². The van der Waals surface area contributed by atoms with Crippen molar-refractivity contribution >= 4 is 11.6 Å². The van der Waals surface area contributed by atoms with Crippen molar-refractivity contribution in [1.82, 2.24) is 4.90 Å². The van der Waals surface area contributed by atoms with Crippen LogP contribution in [0.2, 0.25) is 0 Å². The molecule has 5 heteroatoms. The minimum absolute atomic E-state index is 0.218. The van der Waals surface area contributed by atoms with Crippen molar-refractivity contribution in [1.29, 1.82) is 0 Å². The molecule has 0 fully saturated rings. The SMILES string of the molecule is CCCCC/C=C\C/C=C\CCCCCCCC(=O)C1(C(=O)CCCCCCC/C=C\C/C=C\CCCCC)OC=C(CCCN(C)C)O1. The molecule has 5 nitrogen and oxygen atoms in total. The third kappa shape index (κ3) is 23.6. The van der Waals surface area contributed by atoms with Gasteiger partial charge in [-0.05, 0) is 104 Å². The van der Waals surface area contributed by atoms with Gasteiger partial charge in [0.05, 0.1) is 0 Å². The summed E-state index contributed by atoms with van der Waals surface area (Å²) in [6, 6.07) is 0. The zero-order valence-corrected chi connectivity index (χ0v) is 32.4. The third-order valence-electron chi connectivity index (χ3n) is 9.10. The Kier molecular flexibility index (Phi) is 28.8. The number of hydrogen-bond donors (Lipinski definition) is 0. The average Bonchev–Trinajstić information content (AvgIpc) is 3.53. The van der Waals surface area contributed by atoms with Crippen molar-refractivity contribution in [3.05, 3.63) is 60.6 Å². The van der Waals surface area contributed by atoms with Crippen molar-refractivity contribution in [2.24, 2.45) is 0 Å². The minimum Gasteiger partial charge on any atom is -0.444 e. The second-order valence-electron chi connectivity index (χ2n) is 14.1. The molecular formula is C44H75NO4. The van der Waals surface area contributed by atoms with Gasteiger partial charge in [0.2, 0.25) is 11.6 Å². The second-order valence-corrected chi connectivity index (χ2v) is 14.1. The lowest BCUT2D eigenvalue weighted by molar-refractivity contribution is -0.185. The lowest BCUT2D eigenvalue weighted by Gasteiger charge is -2.26. The molecule has 0 amide bonds. The maximum absolute atomic E-state index is 13.5. The molecule has 0 unspecified atom stereocenters. The van der Waals surface area contributed by atoms with Crippen LogP contribution in [-0.4, -0.2) is 42.9 Å². The van der Waals surface area contributed by atoms with E-state index in [1.165, 1.54) is 70.5 Å². The number of ether oxygens (including phenoxy) is 2. The molecule has 0 saturated carbocycles. The Hall–Kier alpha value is -2.40. The van der Waals surface area contributed by atoms with Crippen LogP contribution in [0.1, 0.15) is 181 Å². The van der Waals surface area contributed by atoms with Crippen molar-refractivity contribution < 1.29 is 19.1 Å². The van der Waals surface area contributed by atoms with E-state index in [9.17, 15) is 9.59 Å². The van der Waals surface area contributed by atoms with E-state index in [4.69, 9.17) is 9.47 Å². The van der Waals surface area contributed by atoms with Crippen LogP contribution in [0, 0.1) is 0 Å². The Morgan fingerprint density at radius 3 is 1.41 bits per heavy atom. The highest BCUT2D eigenvalue weighted by Gasteiger charge is 2.52. The van der Waals surface area contributed by atoms with Crippen LogP contribution in [0.15, 0.2) is 60.6 Å². The standard InChI is InChI=1S/C44H75NO4/c1-5-7-9-11-13-15-17-19-21-23-25-27-29-31-33-37-42(46)44(48-40-41(49-44)36-35-39-45(3)4)43(47)38-34-32-30-28-26-24-22-20-18-16-14-12-10-8-6-2/h13-16,19-22,40H,5-12,17-18,23-39H2,1-4H3/b15-13-,16-14-,21-19-,22-20-. The fourth-order valence-electron chi connectivity index (χ4n) is 5.98. The fraction of sp³-hybridized carbons (Fsp3) is 0.727. The van der Waals surface area contributed by atoms with Gasteiger partial charge in [0.15, 0.2) is 0 Å². The van der Waals surface area contributed by atoms with Crippen LogP contribution in [0.25, 0.3) is 0 Å². The van der Waals surface area contributed by atoms with Crippen molar-refractivity contribution in [3.8, 4) is 0 Å². The van der Waals surface area contributed by atoms with Gasteiger partial charge in [-0.3, -0.25) is 9.59 Å². The molecule has 0 spiro atoms. The number of rotatable bonds is 34. The van der Waals surface area contributed by atoms with Crippen LogP contribution in [-0.2, 0) is 19.1 Å². The molecule has 1 heterocycles. The normalized spacial score (nSPS) is 14.5. The van der Waals surface area contributed by atoms with Gasteiger partial charge in [-0.2, -0.15) is 0 Å². The van der Waals surface area contributed by atoms with E-state index in [2.05, 4.69) is 67.4 Å². The molecule has 0 bridgehead atoms. The molecule has 1 aliphatic heterocycles. The number of carbonyl (C=O) groups is 2. The van der Waals surface area contributed by atoms with Gasteiger partial charge >= 0.3 is 5.79 Å². The number of allylic oxidation sites excluding steroid dienone is 9. The molecule has 0 aromatic heterocycles. The van der Waals surface area contributed by atoms with Gasteiger partial charge in [0.25, 0.3) is 0 Å². The molecule has 280 valence electrons. The minimum atomic E-state index is -1.77. The zero-order chi connectivity index (χ0) is 35.7. The van der Waals surface area contributed by atoms with Crippen molar-refractivity contribution in [2.75, 3.05) is 20.6 Å². The maximum Gasteiger partial charge on any atom is 0.372 e. The van der Waals surface area contributed by atoms with Gasteiger partial charge in [0, 0.05) is 19.3 Å². The van der Waals surface area contributed by atoms with Gasteiger partial charge in [-0.25, -0.2) is 0 Å². The second kappa shape index (κ2) is 31.6. The summed E-state index contributed by atoms with van der Waals surface area (Å²) in [6.45, 7) is 5.39. The predicted molar refractivity (Wildman–Crippen MR) is 210 cm³/mol. The molecule has 0 aromatic rings. The van der Waals surface area contributed by atoms with Gasteiger partial charge < -0.3 is 14.4 Å². The highest BCUT2D eigenvalue weighted by Crippen LogP contribution is 2.33. The molecular weight excluding hydrogens is 606 g/mol. The van der Waals surface area contributed by atoms with Crippen LogP contribution in [0.5, 0.6) is 0 Å². The quantitative estimate of drug-likeness (QED) is 0.0384. The fourth-order valence-corrected chi connectivity index (χ4v) is 5.98. The largest absolute Gasteiger partial charge is 0.444 e. The van der Waals surface area contributed by atoms with Gasteiger partial charge in [0.1, 0.15) is 12.0 Å². The summed E-state index contributed by atoms with van der Waals surface area (Å²) in [6.07, 6.45) is 46.8. The first kappa shape index (κ1) is 44.6. The monoisotopic (exact) mass is 682 g/mol. The molecule has 0 radical (unpaired) electrons. The molecule has 0 aromatic carbocycles. The summed E-state index contributed by atoms with van der Waals surface area (Å²) in [4.78, 5) is 29.1. The number of Topliss-reactive ketones (excluding diaryl/α,β-unsaturated/α-hetero) is 2. The number of unbranched alkanes of at least 4 members (excludes halogenated alkanes) is 16. The molecule has 0 aliphatic carbocycles. The average molecular weight is 682 g/mol. The molecule has 1 aliphatic rings. The summed E-state index contributed by atoms with van der Waals surface area (Å²) < 4.78 is 12.0. The highest BCUT2D eigenvalue weighted by atomic mass is 16.7. The Bertz CT molecular complexity index is 915. The number of hydrogen-bond acceptors (Lipinski definition) is 5. The Balaban J connectivity index is 2.35. The van der Waals surface area contributed by atoms with Gasteiger partial charge in [-0.1, -0.05) is 127 Å². The van der Waals surface area contributed by atoms with Crippen molar-refractivity contribution in [2.45, 2.75) is 187 Å². The summed E-state index contributed by atoms with van der Waals surface area (Å²) in [5.74, 6) is -1.59. The maximum atomic E-state index is 13.5. The molecule has 49 heavy (non-hydrogen) atoms. The van der Waals surface area contributed by atoms with Crippen LogP contribution in [0.3, 0.4) is 0 Å². The lowest BCUT2D eigenvalue weighted by atomic mass is 9.96. The van der Waals surface area contributed by atoms with Crippen molar-refractivity contribution in [3.63, 3.8) is 0 Å². The smallest absolute Gasteiger partial charge is 0.372 e. The zero-order valence-electron chi connectivity index (χ0n) is 32.4. The Labute approximate surface area is 302 Å². The molecule has 1 rings (SSSR count). The summed E-state index contributed by atoms with van der Waals surface area (Å²) in [5, 5.41) is 0. The summed E-state index contributed by atoms with van der Waals surface area (Å²) >= 11 is 0. The van der Waals surface area contributed by atoms with E-state index in [1.807, 2.05) is 14.1 Å². The van der Waals surface area contributed by atoms with E-state index in [-0.39, 0.29) is 11.6 Å². The highest BCUT2D eigenvalue weighted by molar-refractivity contribution is 6.09. The number of nitrogens with zero attached hydrogens (tertiary/aromatic N) is 1. The lowest BCUT2D eigenvalue weighted by Crippen LogP contribution is -2.48. The summed E-state index contributed by atoms with van der Waals surface area (Å²) in [7, 11) is 4.07. The molecule has 0 N–H and O–H groups in total. The van der Waals surface area contributed by atoms with E-state index < -0.39 is 5.79 Å². The first-order valence-electron chi connectivity index (χ1n) is 20.3. The number of carbonyl (C=O) groups excluding carboxylic acids is 2. The molecule has 0 atom stereocenters. The van der Waals surface area contributed by atoms with Crippen LogP contribution >= 0.6 is 0 Å². The molecule has 0 saturated heterocycles. The van der Waals surface area contributed by atoms with E-state index in [0.717, 1.165) is 90.0 Å². The predicted octanol–water partition coefficient (Wildman–Crippen LogP) is 12.7. The number of ketones is 2. The van der Waals surface area contributed by atoms with E-state index in [0.29, 0.717) is 25.0 Å². The third-order valence-corrected chi connectivity index (χ3v) is 9.10. The Morgan fingerprint density at radius 1 is 0.571 bits per heavy atom. The first-order chi connectivity index (χ1) is 24.0. The first-order valence-corrected chi connectivity index (χ1v) is 20.3.